The second kappa shape index (κ2) is 6.08. The highest BCUT2D eigenvalue weighted by molar-refractivity contribution is 9.10. The van der Waals surface area contributed by atoms with Crippen LogP contribution in [0.4, 0.5) is 0 Å². The second-order valence-electron chi connectivity index (χ2n) is 6.17. The van der Waals surface area contributed by atoms with E-state index in [9.17, 15) is 9.59 Å². The standard InChI is InChI=1S/C16H17BrN4O3/c17-14-4-3-13(24-14)16(23)21-7-5-20(6-8-21)15(22)12-9-11(18-19-12)10-1-2-10/h3-4,9-10H,1-2,5-8H2,(H,18,19). The Balaban J connectivity index is 1.36. The van der Waals surface area contributed by atoms with Crippen LogP contribution in [0.25, 0.3) is 0 Å². The number of carbonyl (C=O) groups is 2. The summed E-state index contributed by atoms with van der Waals surface area (Å²) in [4.78, 5) is 28.3. The summed E-state index contributed by atoms with van der Waals surface area (Å²) in [6, 6.07) is 5.20. The van der Waals surface area contributed by atoms with Crippen LogP contribution in [0.5, 0.6) is 0 Å². The lowest BCUT2D eigenvalue weighted by atomic mass is 10.2. The summed E-state index contributed by atoms with van der Waals surface area (Å²) >= 11 is 3.20. The van der Waals surface area contributed by atoms with Gasteiger partial charge in [-0.25, -0.2) is 0 Å². The summed E-state index contributed by atoms with van der Waals surface area (Å²) in [5.41, 5.74) is 1.52. The Hall–Kier alpha value is -2.09. The predicted molar refractivity (Wildman–Crippen MR) is 88.8 cm³/mol. The maximum absolute atomic E-state index is 12.5. The molecule has 2 fully saturated rings. The quantitative estimate of drug-likeness (QED) is 0.867. The number of hydrogen-bond donors (Lipinski definition) is 1. The molecule has 0 atom stereocenters. The van der Waals surface area contributed by atoms with Crippen LogP contribution >= 0.6 is 15.9 Å². The second-order valence-corrected chi connectivity index (χ2v) is 6.95. The van der Waals surface area contributed by atoms with E-state index in [4.69, 9.17) is 4.42 Å². The molecule has 0 bridgehead atoms. The van der Waals surface area contributed by atoms with Gasteiger partial charge < -0.3 is 14.2 Å². The Labute approximate surface area is 147 Å². The van der Waals surface area contributed by atoms with E-state index in [1.807, 2.05) is 6.07 Å². The third-order valence-electron chi connectivity index (χ3n) is 4.47. The van der Waals surface area contributed by atoms with Crippen LogP contribution in [0.1, 0.15) is 45.5 Å². The fourth-order valence-corrected chi connectivity index (χ4v) is 3.22. The van der Waals surface area contributed by atoms with Gasteiger partial charge in [-0.15, -0.1) is 0 Å². The van der Waals surface area contributed by atoms with Crippen molar-refractivity contribution in [1.29, 1.82) is 0 Å². The zero-order valence-electron chi connectivity index (χ0n) is 13.0. The van der Waals surface area contributed by atoms with Crippen LogP contribution in [-0.2, 0) is 0 Å². The maximum atomic E-state index is 12.5. The number of rotatable bonds is 3. The SMILES string of the molecule is O=C(c1cc(C2CC2)[nH]n1)N1CCN(C(=O)c2ccc(Br)o2)CC1. The Kier molecular flexibility index (Phi) is 3.91. The molecule has 0 radical (unpaired) electrons. The summed E-state index contributed by atoms with van der Waals surface area (Å²) in [5, 5.41) is 7.10. The number of amides is 2. The highest BCUT2D eigenvalue weighted by Crippen LogP contribution is 2.39. The lowest BCUT2D eigenvalue weighted by molar-refractivity contribution is 0.0514. The minimum atomic E-state index is -0.149. The molecular weight excluding hydrogens is 376 g/mol. The number of hydrogen-bond acceptors (Lipinski definition) is 4. The number of furan rings is 1. The monoisotopic (exact) mass is 392 g/mol. The van der Waals surface area contributed by atoms with Crippen molar-refractivity contribution in [2.45, 2.75) is 18.8 Å². The summed E-state index contributed by atoms with van der Waals surface area (Å²) < 4.78 is 5.84. The Bertz CT molecular complexity index is 772. The van der Waals surface area contributed by atoms with E-state index < -0.39 is 0 Å². The molecule has 2 aliphatic rings. The number of halogens is 1. The van der Waals surface area contributed by atoms with Crippen LogP contribution in [0.15, 0.2) is 27.3 Å². The third kappa shape index (κ3) is 2.98. The van der Waals surface area contributed by atoms with Gasteiger partial charge in [0.1, 0.15) is 5.69 Å². The van der Waals surface area contributed by atoms with Gasteiger partial charge >= 0.3 is 0 Å². The molecule has 2 aromatic heterocycles. The third-order valence-corrected chi connectivity index (χ3v) is 4.90. The molecule has 1 N–H and O–H groups in total. The van der Waals surface area contributed by atoms with Crippen molar-refractivity contribution in [1.82, 2.24) is 20.0 Å². The van der Waals surface area contributed by atoms with E-state index in [0.717, 1.165) is 5.69 Å². The number of piperazine rings is 1. The van der Waals surface area contributed by atoms with Gasteiger partial charge in [0, 0.05) is 37.8 Å². The van der Waals surface area contributed by atoms with E-state index in [1.165, 1.54) is 12.8 Å². The van der Waals surface area contributed by atoms with Gasteiger partial charge in [-0.1, -0.05) is 0 Å². The summed E-state index contributed by atoms with van der Waals surface area (Å²) in [6.45, 7) is 1.97. The first-order valence-electron chi connectivity index (χ1n) is 8.01. The molecule has 0 aromatic carbocycles. The van der Waals surface area contributed by atoms with Crippen molar-refractivity contribution in [3.63, 3.8) is 0 Å². The van der Waals surface area contributed by atoms with E-state index in [2.05, 4.69) is 26.1 Å². The van der Waals surface area contributed by atoms with Crippen molar-refractivity contribution in [2.75, 3.05) is 26.2 Å². The smallest absolute Gasteiger partial charge is 0.289 e. The molecule has 0 spiro atoms. The molecule has 1 saturated carbocycles. The first kappa shape index (κ1) is 15.4. The van der Waals surface area contributed by atoms with E-state index in [1.54, 1.807) is 21.9 Å². The Morgan fingerprint density at radius 2 is 1.79 bits per heavy atom. The molecule has 8 heteroatoms. The number of nitrogens with one attached hydrogen (secondary N) is 1. The summed E-state index contributed by atoms with van der Waals surface area (Å²) in [7, 11) is 0. The van der Waals surface area contributed by atoms with Gasteiger partial charge in [0.25, 0.3) is 11.8 Å². The Morgan fingerprint density at radius 3 is 2.38 bits per heavy atom. The van der Waals surface area contributed by atoms with Gasteiger partial charge in [0.2, 0.25) is 0 Å². The highest BCUT2D eigenvalue weighted by atomic mass is 79.9. The lowest BCUT2D eigenvalue weighted by Crippen LogP contribution is -2.50. The van der Waals surface area contributed by atoms with E-state index >= 15 is 0 Å². The van der Waals surface area contributed by atoms with Crippen LogP contribution in [0.2, 0.25) is 0 Å². The first-order chi connectivity index (χ1) is 11.6. The molecule has 126 valence electrons. The number of aromatic amines is 1. The fraction of sp³-hybridized carbons (Fsp3) is 0.438. The molecule has 1 aliphatic carbocycles. The molecule has 2 amide bonds. The molecule has 4 rings (SSSR count). The van der Waals surface area contributed by atoms with Crippen molar-refractivity contribution in [2.24, 2.45) is 0 Å². The topological polar surface area (TPSA) is 82.4 Å². The van der Waals surface area contributed by atoms with Crippen molar-refractivity contribution in [3.8, 4) is 0 Å². The summed E-state index contributed by atoms with van der Waals surface area (Å²) in [6.07, 6.45) is 2.33. The molecular formula is C16H17BrN4O3. The molecule has 1 saturated heterocycles. The average Bonchev–Trinajstić information content (AvgIpc) is 3.17. The van der Waals surface area contributed by atoms with Gasteiger partial charge in [-0.05, 0) is 47.0 Å². The van der Waals surface area contributed by atoms with E-state index in [0.29, 0.717) is 48.2 Å². The number of aromatic nitrogens is 2. The molecule has 3 heterocycles. The fourth-order valence-electron chi connectivity index (χ4n) is 2.91. The predicted octanol–water partition coefficient (Wildman–Crippen LogP) is 2.24. The molecule has 24 heavy (non-hydrogen) atoms. The van der Waals surface area contributed by atoms with Gasteiger partial charge in [0.05, 0.1) is 0 Å². The minimum Gasteiger partial charge on any atom is -0.444 e. The number of nitrogens with zero attached hydrogens (tertiary/aromatic N) is 3. The normalized spacial score (nSPS) is 18.0. The maximum Gasteiger partial charge on any atom is 0.289 e. The number of carbonyl (C=O) groups excluding carboxylic acids is 2. The summed E-state index contributed by atoms with van der Waals surface area (Å²) in [5.74, 6) is 0.624. The molecule has 2 aromatic rings. The lowest BCUT2D eigenvalue weighted by Gasteiger charge is -2.33. The van der Waals surface area contributed by atoms with Gasteiger partial charge in [0.15, 0.2) is 10.4 Å². The van der Waals surface area contributed by atoms with Crippen LogP contribution in [-0.4, -0.2) is 58.0 Å². The van der Waals surface area contributed by atoms with E-state index in [-0.39, 0.29) is 11.8 Å². The minimum absolute atomic E-state index is 0.0778. The van der Waals surface area contributed by atoms with Crippen LogP contribution < -0.4 is 0 Å². The largest absolute Gasteiger partial charge is 0.444 e. The van der Waals surface area contributed by atoms with Crippen molar-refractivity contribution in [3.05, 3.63) is 40.0 Å². The highest BCUT2D eigenvalue weighted by Gasteiger charge is 2.30. The zero-order chi connectivity index (χ0) is 16.7. The zero-order valence-corrected chi connectivity index (χ0v) is 14.6. The van der Waals surface area contributed by atoms with Crippen molar-refractivity contribution < 1.29 is 14.0 Å². The van der Waals surface area contributed by atoms with Gasteiger partial charge in [-0.2, -0.15) is 5.10 Å². The first-order valence-corrected chi connectivity index (χ1v) is 8.80. The van der Waals surface area contributed by atoms with Crippen LogP contribution in [0.3, 0.4) is 0 Å². The van der Waals surface area contributed by atoms with Gasteiger partial charge in [-0.3, -0.25) is 14.7 Å². The van der Waals surface area contributed by atoms with Crippen molar-refractivity contribution >= 4 is 27.7 Å². The average molecular weight is 393 g/mol. The van der Waals surface area contributed by atoms with Crippen LogP contribution in [0, 0.1) is 0 Å². The molecule has 7 nitrogen and oxygen atoms in total. The number of H-pyrrole nitrogens is 1. The Morgan fingerprint density at radius 1 is 1.12 bits per heavy atom. The molecule has 0 unspecified atom stereocenters. The molecule has 1 aliphatic heterocycles.